The van der Waals surface area contributed by atoms with Crippen LogP contribution in [0.2, 0.25) is 0 Å². The predicted molar refractivity (Wildman–Crippen MR) is 59.0 cm³/mol. The molecule has 0 radical (unpaired) electrons. The van der Waals surface area contributed by atoms with Gasteiger partial charge in [0.25, 0.3) is 5.91 Å². The van der Waals surface area contributed by atoms with Crippen molar-refractivity contribution in [3.63, 3.8) is 0 Å². The molecule has 3 N–H and O–H groups in total. The fourth-order valence-electron chi connectivity index (χ4n) is 1.22. The molecule has 1 rings (SSSR count). The molecule has 0 fully saturated rings. The number of carbonyl (C=O) groups is 2. The minimum atomic E-state index is -1.54. The van der Waals surface area contributed by atoms with Crippen LogP contribution in [0.1, 0.15) is 10.4 Å². The first-order valence-corrected chi connectivity index (χ1v) is 4.95. The second-order valence-corrected chi connectivity index (χ2v) is 3.47. The molecule has 0 spiro atoms. The highest BCUT2D eigenvalue weighted by Gasteiger charge is 2.22. The third kappa shape index (κ3) is 3.45. The number of hydrogen-bond acceptors (Lipinski definition) is 5. The predicted octanol–water partition coefficient (Wildman–Crippen LogP) is -0.0908. The molecule has 8 nitrogen and oxygen atoms in total. The quantitative estimate of drug-likeness (QED) is 0.507. The van der Waals surface area contributed by atoms with Crippen molar-refractivity contribution < 1.29 is 29.1 Å². The van der Waals surface area contributed by atoms with E-state index in [-0.39, 0.29) is 5.56 Å². The summed E-state index contributed by atoms with van der Waals surface area (Å²) in [6.07, 6.45) is 0. The van der Waals surface area contributed by atoms with E-state index >= 15 is 0 Å². The summed E-state index contributed by atoms with van der Waals surface area (Å²) in [6.45, 7) is -0.843. The van der Waals surface area contributed by atoms with Crippen molar-refractivity contribution in [2.75, 3.05) is 6.61 Å². The Hall–Kier alpha value is -2.55. The van der Waals surface area contributed by atoms with Crippen LogP contribution in [0.25, 0.3) is 0 Å². The van der Waals surface area contributed by atoms with Gasteiger partial charge < -0.3 is 15.5 Å². The van der Waals surface area contributed by atoms with E-state index in [9.17, 15) is 24.1 Å². The summed E-state index contributed by atoms with van der Waals surface area (Å²) in [6, 6.07) is 0.827. The Morgan fingerprint density at radius 3 is 2.58 bits per heavy atom. The normalized spacial score (nSPS) is 11.7. The molecule has 0 aliphatic heterocycles. The zero-order chi connectivity index (χ0) is 14.6. The number of nitro groups is 1. The molecule has 1 atom stereocenters. The third-order valence-electron chi connectivity index (χ3n) is 2.19. The van der Waals surface area contributed by atoms with Gasteiger partial charge in [0.2, 0.25) is 5.82 Å². The summed E-state index contributed by atoms with van der Waals surface area (Å²) < 4.78 is 13.0. The van der Waals surface area contributed by atoms with Crippen molar-refractivity contribution in [2.24, 2.45) is 0 Å². The van der Waals surface area contributed by atoms with Crippen LogP contribution >= 0.6 is 0 Å². The number of benzene rings is 1. The first kappa shape index (κ1) is 14.5. The summed E-state index contributed by atoms with van der Waals surface area (Å²) >= 11 is 0. The lowest BCUT2D eigenvalue weighted by Crippen LogP contribution is -2.43. The Kier molecular flexibility index (Phi) is 4.48. The van der Waals surface area contributed by atoms with E-state index in [0.29, 0.717) is 6.07 Å². The van der Waals surface area contributed by atoms with Crippen LogP contribution < -0.4 is 5.32 Å². The minimum absolute atomic E-state index is 0.284. The zero-order valence-electron chi connectivity index (χ0n) is 9.37. The molecule has 1 amide bonds. The lowest BCUT2D eigenvalue weighted by molar-refractivity contribution is -0.387. The van der Waals surface area contributed by atoms with E-state index in [0.717, 1.165) is 12.1 Å². The molecule has 0 aromatic heterocycles. The minimum Gasteiger partial charge on any atom is -0.480 e. The summed E-state index contributed by atoms with van der Waals surface area (Å²) in [5.74, 6) is -3.55. The first-order chi connectivity index (χ1) is 8.86. The van der Waals surface area contributed by atoms with E-state index < -0.39 is 41.0 Å². The van der Waals surface area contributed by atoms with Crippen molar-refractivity contribution in [1.29, 1.82) is 0 Å². The molecule has 1 aromatic rings. The molecule has 1 unspecified atom stereocenters. The van der Waals surface area contributed by atoms with Gasteiger partial charge in [-0.2, -0.15) is 4.39 Å². The number of hydrogen-bond donors (Lipinski definition) is 3. The topological polar surface area (TPSA) is 130 Å². The van der Waals surface area contributed by atoms with E-state index in [1.54, 1.807) is 0 Å². The lowest BCUT2D eigenvalue weighted by atomic mass is 10.1. The number of halogens is 1. The molecule has 0 aliphatic rings. The number of nitrogens with one attached hydrogen (secondary N) is 1. The molecule has 1 aromatic carbocycles. The monoisotopic (exact) mass is 272 g/mol. The number of carboxylic acid groups (broad SMARTS) is 1. The van der Waals surface area contributed by atoms with E-state index in [2.05, 4.69) is 0 Å². The van der Waals surface area contributed by atoms with Gasteiger partial charge in [0.1, 0.15) is 0 Å². The number of aliphatic carboxylic acids is 1. The second kappa shape index (κ2) is 5.87. The van der Waals surface area contributed by atoms with Gasteiger partial charge in [-0.15, -0.1) is 0 Å². The molecule has 102 valence electrons. The molecule has 0 aliphatic carbocycles. The average Bonchev–Trinajstić information content (AvgIpc) is 2.35. The van der Waals surface area contributed by atoms with Crippen LogP contribution in [0, 0.1) is 15.9 Å². The maximum atomic E-state index is 13.0. The Bertz CT molecular complexity index is 533. The molecule has 0 saturated heterocycles. The van der Waals surface area contributed by atoms with Crippen molar-refractivity contribution in [2.45, 2.75) is 6.04 Å². The van der Waals surface area contributed by atoms with Crippen molar-refractivity contribution in [1.82, 2.24) is 5.32 Å². The van der Waals surface area contributed by atoms with Gasteiger partial charge >= 0.3 is 11.7 Å². The number of carbonyl (C=O) groups excluding carboxylic acids is 1. The SMILES string of the molecule is O=C(NC(CO)C(=O)O)c1ccc(F)c([N+](=O)[O-])c1. The van der Waals surface area contributed by atoms with Gasteiger partial charge in [0, 0.05) is 11.6 Å². The number of amides is 1. The van der Waals surface area contributed by atoms with Crippen LogP contribution in [0.4, 0.5) is 10.1 Å². The highest BCUT2D eigenvalue weighted by atomic mass is 19.1. The molecule has 9 heteroatoms. The average molecular weight is 272 g/mol. The van der Waals surface area contributed by atoms with Gasteiger partial charge in [-0.25, -0.2) is 4.79 Å². The van der Waals surface area contributed by atoms with Gasteiger partial charge in [0.05, 0.1) is 11.5 Å². The van der Waals surface area contributed by atoms with Crippen molar-refractivity contribution in [3.05, 3.63) is 39.7 Å². The van der Waals surface area contributed by atoms with E-state index in [1.807, 2.05) is 5.32 Å². The van der Waals surface area contributed by atoms with Gasteiger partial charge in [-0.05, 0) is 12.1 Å². The maximum absolute atomic E-state index is 13.0. The fourth-order valence-corrected chi connectivity index (χ4v) is 1.22. The van der Waals surface area contributed by atoms with E-state index in [1.165, 1.54) is 0 Å². The summed E-state index contributed by atoms with van der Waals surface area (Å²) in [5.41, 5.74) is -1.18. The largest absolute Gasteiger partial charge is 0.480 e. The number of aliphatic hydroxyl groups is 1. The Morgan fingerprint density at radius 2 is 2.11 bits per heavy atom. The standard InChI is InChI=1S/C10H9FN2O6/c11-6-2-1-5(3-8(6)13(18)19)9(15)12-7(4-14)10(16)17/h1-3,7,14H,4H2,(H,12,15)(H,16,17). The van der Waals surface area contributed by atoms with E-state index in [4.69, 9.17) is 10.2 Å². The van der Waals surface area contributed by atoms with Crippen molar-refractivity contribution >= 4 is 17.6 Å². The smallest absolute Gasteiger partial charge is 0.328 e. The number of carboxylic acids is 1. The molecule has 0 bridgehead atoms. The highest BCUT2D eigenvalue weighted by molar-refractivity contribution is 5.97. The molecule has 0 saturated carbocycles. The van der Waals surface area contributed by atoms with Crippen LogP contribution in [0.15, 0.2) is 18.2 Å². The van der Waals surface area contributed by atoms with Crippen LogP contribution in [-0.4, -0.2) is 39.7 Å². The Labute approximate surface area is 105 Å². The summed E-state index contributed by atoms with van der Waals surface area (Å²) in [4.78, 5) is 31.6. The van der Waals surface area contributed by atoms with Gasteiger partial charge in [-0.3, -0.25) is 14.9 Å². The Morgan fingerprint density at radius 1 is 1.47 bits per heavy atom. The van der Waals surface area contributed by atoms with Crippen LogP contribution in [0.3, 0.4) is 0 Å². The summed E-state index contributed by atoms with van der Waals surface area (Å²) in [5, 5.41) is 29.7. The highest BCUT2D eigenvalue weighted by Crippen LogP contribution is 2.18. The number of aliphatic hydroxyl groups excluding tert-OH is 1. The fraction of sp³-hybridized carbons (Fsp3) is 0.200. The lowest BCUT2D eigenvalue weighted by Gasteiger charge is -2.11. The number of nitrogens with zero attached hydrogens (tertiary/aromatic N) is 1. The molecule has 19 heavy (non-hydrogen) atoms. The molecular formula is C10H9FN2O6. The van der Waals surface area contributed by atoms with Gasteiger partial charge in [-0.1, -0.05) is 0 Å². The van der Waals surface area contributed by atoms with Crippen LogP contribution in [-0.2, 0) is 4.79 Å². The Balaban J connectivity index is 2.97. The zero-order valence-corrected chi connectivity index (χ0v) is 9.37. The second-order valence-electron chi connectivity index (χ2n) is 3.47. The first-order valence-electron chi connectivity index (χ1n) is 4.95. The summed E-state index contributed by atoms with van der Waals surface area (Å²) in [7, 11) is 0. The van der Waals surface area contributed by atoms with Crippen LogP contribution in [0.5, 0.6) is 0 Å². The van der Waals surface area contributed by atoms with Crippen molar-refractivity contribution in [3.8, 4) is 0 Å². The third-order valence-corrected chi connectivity index (χ3v) is 2.19. The maximum Gasteiger partial charge on any atom is 0.328 e. The van der Waals surface area contributed by atoms with Gasteiger partial charge in [0.15, 0.2) is 6.04 Å². The molecule has 0 heterocycles. The molecular weight excluding hydrogens is 263 g/mol. The number of rotatable bonds is 5. The number of nitro benzene ring substituents is 1.